The van der Waals surface area contributed by atoms with E-state index in [0.717, 1.165) is 0 Å². The fourth-order valence-electron chi connectivity index (χ4n) is 1.90. The lowest BCUT2D eigenvalue weighted by molar-refractivity contribution is 0.212. The molecule has 6 heteroatoms. The highest BCUT2D eigenvalue weighted by Crippen LogP contribution is 2.58. The molecule has 0 aliphatic carbocycles. The topological polar surface area (TPSA) is 81.8 Å². The summed E-state index contributed by atoms with van der Waals surface area (Å²) in [4.78, 5) is 0. The van der Waals surface area contributed by atoms with Crippen LogP contribution >= 0.6 is 7.60 Å². The van der Waals surface area contributed by atoms with Gasteiger partial charge >= 0.3 is 7.60 Å². The summed E-state index contributed by atoms with van der Waals surface area (Å²) in [7, 11) is -3.39. The lowest BCUT2D eigenvalue weighted by Crippen LogP contribution is -2.15. The van der Waals surface area contributed by atoms with Crippen molar-refractivity contribution in [2.75, 3.05) is 13.2 Å². The van der Waals surface area contributed by atoms with Crippen LogP contribution in [0.1, 0.15) is 36.3 Å². The highest BCUT2D eigenvalue weighted by Gasteiger charge is 2.34. The predicted octanol–water partition coefficient (Wildman–Crippen LogP) is 3.23. The molecule has 0 spiro atoms. The molecule has 19 heavy (non-hydrogen) atoms. The van der Waals surface area contributed by atoms with Crippen molar-refractivity contribution >= 4 is 7.60 Å². The summed E-state index contributed by atoms with van der Waals surface area (Å²) in [5.74, 6) is -0.635. The molecule has 1 rings (SSSR count). The maximum atomic E-state index is 12.6. The number of aryl methyl sites for hydroxylation is 2. The Morgan fingerprint density at radius 3 is 2.00 bits per heavy atom. The molecule has 5 nitrogen and oxygen atoms in total. The monoisotopic (exact) mass is 287 g/mol. The zero-order chi connectivity index (χ0) is 14.6. The first-order valence-electron chi connectivity index (χ1n) is 6.30. The van der Waals surface area contributed by atoms with Gasteiger partial charge < -0.3 is 19.9 Å². The lowest BCUT2D eigenvalue weighted by Gasteiger charge is -2.24. The Morgan fingerprint density at radius 2 is 1.63 bits per heavy atom. The van der Waals surface area contributed by atoms with E-state index in [1.54, 1.807) is 39.8 Å². The van der Waals surface area contributed by atoms with E-state index in [2.05, 4.69) is 0 Å². The molecular formula is C13H22NO4P. The van der Waals surface area contributed by atoms with Crippen molar-refractivity contribution in [3.05, 3.63) is 28.8 Å². The van der Waals surface area contributed by atoms with Crippen LogP contribution in [0.4, 0.5) is 0 Å². The summed E-state index contributed by atoms with van der Waals surface area (Å²) in [6.45, 7) is 7.55. The molecule has 3 N–H and O–H groups in total. The third-order valence-electron chi connectivity index (χ3n) is 2.81. The van der Waals surface area contributed by atoms with E-state index in [9.17, 15) is 9.67 Å². The zero-order valence-corrected chi connectivity index (χ0v) is 12.7. The van der Waals surface area contributed by atoms with Crippen LogP contribution in [0.2, 0.25) is 0 Å². The first kappa shape index (κ1) is 16.2. The van der Waals surface area contributed by atoms with Crippen molar-refractivity contribution < 1.29 is 18.7 Å². The molecule has 0 aromatic heterocycles. The molecular weight excluding hydrogens is 265 g/mol. The third kappa shape index (κ3) is 3.57. The van der Waals surface area contributed by atoms with E-state index in [4.69, 9.17) is 14.8 Å². The largest absolute Gasteiger partial charge is 0.507 e. The van der Waals surface area contributed by atoms with Gasteiger partial charge in [-0.25, -0.2) is 0 Å². The van der Waals surface area contributed by atoms with Crippen molar-refractivity contribution in [1.82, 2.24) is 0 Å². The fourth-order valence-corrected chi connectivity index (χ4v) is 3.53. The third-order valence-corrected chi connectivity index (χ3v) is 5.03. The van der Waals surface area contributed by atoms with Gasteiger partial charge in [0.1, 0.15) is 11.5 Å². The molecule has 0 unspecified atom stereocenters. The maximum absolute atomic E-state index is 12.6. The first-order chi connectivity index (χ1) is 8.85. The minimum Gasteiger partial charge on any atom is -0.507 e. The number of benzene rings is 1. The average Bonchev–Trinajstić information content (AvgIpc) is 2.35. The summed E-state index contributed by atoms with van der Waals surface area (Å²) in [5.41, 5.74) is 8.05. The fraction of sp³-hybridized carbons (Fsp3) is 0.538. The Bertz CT molecular complexity index is 457. The highest BCUT2D eigenvalue weighted by atomic mass is 31.2. The van der Waals surface area contributed by atoms with E-state index in [0.29, 0.717) is 16.7 Å². The van der Waals surface area contributed by atoms with Gasteiger partial charge in [0.25, 0.3) is 0 Å². The number of hydrogen-bond donors (Lipinski definition) is 2. The smallest absolute Gasteiger partial charge is 0.351 e. The Balaban J connectivity index is 3.16. The molecule has 0 aliphatic rings. The molecule has 1 atom stereocenters. The standard InChI is InChI=1S/C13H22NO4P/c1-5-17-19(16,18-6-2)13(14)11-7-9(3)12(15)10(4)8-11/h7-8,13,15H,5-6,14H2,1-4H3/t13-/m0/s1. The van der Waals surface area contributed by atoms with Gasteiger partial charge in [0.2, 0.25) is 0 Å². The van der Waals surface area contributed by atoms with Gasteiger partial charge in [-0.05, 0) is 44.4 Å². The Labute approximate surface area is 114 Å². The predicted molar refractivity (Wildman–Crippen MR) is 75.4 cm³/mol. The quantitative estimate of drug-likeness (QED) is 0.785. The molecule has 0 aliphatic heterocycles. The second kappa shape index (κ2) is 6.53. The van der Waals surface area contributed by atoms with Gasteiger partial charge in [0, 0.05) is 0 Å². The van der Waals surface area contributed by atoms with E-state index in [1.165, 1.54) is 0 Å². The van der Waals surface area contributed by atoms with Crippen LogP contribution in [0.3, 0.4) is 0 Å². The average molecular weight is 287 g/mol. The molecule has 0 heterocycles. The van der Waals surface area contributed by atoms with E-state index in [-0.39, 0.29) is 19.0 Å². The Hall–Kier alpha value is -0.870. The molecule has 0 fully saturated rings. The number of nitrogens with two attached hydrogens (primary N) is 1. The van der Waals surface area contributed by atoms with Gasteiger partial charge in [0.15, 0.2) is 0 Å². The molecule has 0 saturated heterocycles. The van der Waals surface area contributed by atoms with Crippen molar-refractivity contribution in [1.29, 1.82) is 0 Å². The van der Waals surface area contributed by atoms with Gasteiger partial charge in [-0.2, -0.15) is 0 Å². The summed E-state index contributed by atoms with van der Waals surface area (Å²) in [6.07, 6.45) is 0. The molecule has 0 bridgehead atoms. The minimum atomic E-state index is -3.39. The molecule has 1 aromatic rings. The van der Waals surface area contributed by atoms with Crippen LogP contribution in [-0.4, -0.2) is 18.3 Å². The number of phenolic OH excluding ortho intramolecular Hbond substituents is 1. The van der Waals surface area contributed by atoms with Crippen LogP contribution in [-0.2, 0) is 13.6 Å². The normalized spacial score (nSPS) is 13.5. The summed E-state index contributed by atoms with van der Waals surface area (Å²) in [6, 6.07) is 3.41. The van der Waals surface area contributed by atoms with Crippen molar-refractivity contribution in [2.24, 2.45) is 5.73 Å². The minimum absolute atomic E-state index is 0.221. The van der Waals surface area contributed by atoms with Gasteiger partial charge in [0.05, 0.1) is 13.2 Å². The van der Waals surface area contributed by atoms with Crippen LogP contribution in [0.15, 0.2) is 12.1 Å². The van der Waals surface area contributed by atoms with Gasteiger partial charge in [-0.15, -0.1) is 0 Å². The Kier molecular flexibility index (Phi) is 5.56. The van der Waals surface area contributed by atoms with Crippen molar-refractivity contribution in [3.63, 3.8) is 0 Å². The molecule has 0 radical (unpaired) electrons. The molecule has 1 aromatic carbocycles. The molecule has 108 valence electrons. The number of rotatable bonds is 6. The van der Waals surface area contributed by atoms with Gasteiger partial charge in [-0.1, -0.05) is 12.1 Å². The van der Waals surface area contributed by atoms with Crippen LogP contribution < -0.4 is 5.73 Å². The summed E-state index contributed by atoms with van der Waals surface area (Å²) < 4.78 is 23.1. The molecule has 0 amide bonds. The van der Waals surface area contributed by atoms with Crippen LogP contribution in [0.5, 0.6) is 5.75 Å². The van der Waals surface area contributed by atoms with Gasteiger partial charge in [-0.3, -0.25) is 4.57 Å². The van der Waals surface area contributed by atoms with E-state index < -0.39 is 13.4 Å². The summed E-state index contributed by atoms with van der Waals surface area (Å²) >= 11 is 0. The Morgan fingerprint density at radius 1 is 1.21 bits per heavy atom. The zero-order valence-electron chi connectivity index (χ0n) is 11.8. The van der Waals surface area contributed by atoms with Crippen molar-refractivity contribution in [2.45, 2.75) is 33.5 Å². The lowest BCUT2D eigenvalue weighted by atomic mass is 10.1. The second-order valence-corrected chi connectivity index (χ2v) is 6.48. The van der Waals surface area contributed by atoms with E-state index >= 15 is 0 Å². The number of phenols is 1. The highest BCUT2D eigenvalue weighted by molar-refractivity contribution is 7.54. The SMILES string of the molecule is CCOP(=O)(OCC)[C@H](N)c1cc(C)c(O)c(C)c1. The van der Waals surface area contributed by atoms with Crippen molar-refractivity contribution in [3.8, 4) is 5.75 Å². The first-order valence-corrected chi connectivity index (χ1v) is 7.91. The second-order valence-electron chi connectivity index (χ2n) is 4.32. The van der Waals surface area contributed by atoms with Crippen LogP contribution in [0.25, 0.3) is 0 Å². The summed E-state index contributed by atoms with van der Waals surface area (Å²) in [5, 5.41) is 9.75. The maximum Gasteiger partial charge on any atom is 0.351 e. The molecule has 0 saturated carbocycles. The number of hydrogen-bond acceptors (Lipinski definition) is 5. The van der Waals surface area contributed by atoms with Crippen LogP contribution in [0, 0.1) is 13.8 Å². The number of aromatic hydroxyl groups is 1. The van der Waals surface area contributed by atoms with E-state index in [1.807, 2.05) is 0 Å².